The molecule has 0 aromatic heterocycles. The maximum atomic E-state index is 10.5. The van der Waals surface area contributed by atoms with E-state index < -0.39 is 46.9 Å². The van der Waals surface area contributed by atoms with Gasteiger partial charge in [0.15, 0.2) is 0 Å². The van der Waals surface area contributed by atoms with E-state index in [1.165, 1.54) is 6.08 Å². The zero-order valence-electron chi connectivity index (χ0n) is 11.2. The Morgan fingerprint density at radius 2 is 1.95 bits per heavy atom. The second-order valence-corrected chi connectivity index (χ2v) is 6.47. The number of hydrogen-bond donors (Lipinski definition) is 5. The summed E-state index contributed by atoms with van der Waals surface area (Å²) in [7, 11) is -4.79. The van der Waals surface area contributed by atoms with Gasteiger partial charge in [-0.3, -0.25) is 4.55 Å². The quantitative estimate of drug-likeness (QED) is 0.120. The Morgan fingerprint density at radius 1 is 1.32 bits per heavy atom. The summed E-state index contributed by atoms with van der Waals surface area (Å²) in [5.41, 5.74) is -1.15. The number of hydrogen-bond acceptors (Lipinski definition) is 10. The lowest BCUT2D eigenvalue weighted by Crippen LogP contribution is -2.57. The summed E-state index contributed by atoms with van der Waals surface area (Å²) in [6, 6.07) is 0. The Hall–Kier alpha value is -0.730. The number of rotatable bonds is 6. The zero-order valence-corrected chi connectivity index (χ0v) is 12.9. The number of oxime groups is 1. The Labute approximate surface area is 131 Å². The summed E-state index contributed by atoms with van der Waals surface area (Å²) in [6.07, 6.45) is -4.34. The number of nitrogens with zero attached hydrogens (tertiary/aromatic N) is 1. The lowest BCUT2D eigenvalue weighted by molar-refractivity contribution is -0.205. The number of allylic oxidation sites excluding steroid dienone is 1. The number of ether oxygens (including phenoxy) is 1. The first-order valence-corrected chi connectivity index (χ1v) is 8.25. The second-order valence-electron chi connectivity index (χ2n) is 4.30. The molecule has 0 amide bonds. The van der Waals surface area contributed by atoms with Crippen molar-refractivity contribution in [3.63, 3.8) is 0 Å². The molecular formula is C10H17NO9S2. The van der Waals surface area contributed by atoms with Crippen LogP contribution < -0.4 is 0 Å². The van der Waals surface area contributed by atoms with E-state index in [4.69, 9.17) is 14.4 Å². The average Bonchev–Trinajstić information content (AvgIpc) is 2.44. The van der Waals surface area contributed by atoms with Crippen molar-refractivity contribution in [2.24, 2.45) is 5.16 Å². The molecule has 0 aliphatic carbocycles. The van der Waals surface area contributed by atoms with Crippen molar-refractivity contribution in [1.82, 2.24) is 0 Å². The van der Waals surface area contributed by atoms with E-state index >= 15 is 0 Å². The van der Waals surface area contributed by atoms with Gasteiger partial charge in [0.05, 0.1) is 6.61 Å². The second kappa shape index (κ2) is 8.21. The summed E-state index contributed by atoms with van der Waals surface area (Å²) in [5.74, 6) is 0. The Kier molecular flexibility index (Phi) is 7.21. The van der Waals surface area contributed by atoms with Gasteiger partial charge in [0.2, 0.25) is 0 Å². The zero-order chi connectivity index (χ0) is 16.9. The lowest BCUT2D eigenvalue weighted by Gasteiger charge is -2.39. The highest BCUT2D eigenvalue weighted by molar-refractivity contribution is 8.14. The van der Waals surface area contributed by atoms with Gasteiger partial charge in [-0.15, -0.1) is 6.58 Å². The third-order valence-corrected chi connectivity index (χ3v) is 4.05. The minimum absolute atomic E-state index is 0.0230. The maximum Gasteiger partial charge on any atom is 0.466 e. The average molecular weight is 359 g/mol. The van der Waals surface area contributed by atoms with E-state index in [1.807, 2.05) is 0 Å². The molecule has 1 fully saturated rings. The molecule has 5 atom stereocenters. The highest BCUT2D eigenvalue weighted by Crippen LogP contribution is 2.30. The van der Waals surface area contributed by atoms with Gasteiger partial charge in [-0.25, -0.2) is 4.28 Å². The third-order valence-electron chi connectivity index (χ3n) is 2.65. The molecule has 12 heteroatoms. The van der Waals surface area contributed by atoms with E-state index in [2.05, 4.69) is 16.0 Å². The Bertz CT molecular complexity index is 507. The van der Waals surface area contributed by atoms with Crippen LogP contribution in [0.25, 0.3) is 0 Å². The lowest BCUT2D eigenvalue weighted by atomic mass is 10.0. The monoisotopic (exact) mass is 359 g/mol. The number of aliphatic hydroxyl groups is 4. The molecule has 0 aromatic carbocycles. The standard InChI is InChI=1S/C10H17NO9S2/c1-2-3-6(11-20-22(16,17)18)21-10-9(15)8(14)7(13)5(4-12)19-10/h2,5,7-10,12-15H,1,3-4H2,(H,16,17,18)/b11-6+/t5-,7+,8+,9+,10+/m0/s1. The van der Waals surface area contributed by atoms with E-state index in [1.54, 1.807) is 0 Å². The van der Waals surface area contributed by atoms with E-state index in [0.29, 0.717) is 11.8 Å². The molecule has 0 spiro atoms. The molecule has 0 bridgehead atoms. The normalized spacial score (nSPS) is 33.5. The van der Waals surface area contributed by atoms with Crippen LogP contribution in [0.5, 0.6) is 0 Å². The van der Waals surface area contributed by atoms with E-state index in [9.17, 15) is 23.7 Å². The Balaban J connectivity index is 2.85. The van der Waals surface area contributed by atoms with E-state index in [0.717, 1.165) is 0 Å². The van der Waals surface area contributed by atoms with Crippen molar-refractivity contribution in [2.45, 2.75) is 36.3 Å². The van der Waals surface area contributed by atoms with Gasteiger partial charge in [0, 0.05) is 6.42 Å². The fraction of sp³-hybridized carbons (Fsp3) is 0.700. The SMILES string of the molecule is C=CC/C(=N\OS(=O)(=O)O)S[C@H]1O[C@@H](CO)[C@@H](O)[C@@H](O)[C@H]1O. The molecule has 1 heterocycles. The van der Waals surface area contributed by atoms with Crippen molar-refractivity contribution in [3.8, 4) is 0 Å². The minimum atomic E-state index is -4.79. The molecule has 0 radical (unpaired) electrons. The van der Waals surface area contributed by atoms with Crippen molar-refractivity contribution in [1.29, 1.82) is 0 Å². The third kappa shape index (κ3) is 5.48. The van der Waals surface area contributed by atoms with Crippen LogP contribution in [-0.4, -0.2) is 74.9 Å². The first-order chi connectivity index (χ1) is 10.2. The van der Waals surface area contributed by atoms with Crippen LogP contribution >= 0.6 is 11.8 Å². The molecule has 1 rings (SSSR count). The fourth-order valence-corrected chi connectivity index (χ4v) is 2.91. The summed E-state index contributed by atoms with van der Waals surface area (Å²) < 4.78 is 38.5. The molecule has 10 nitrogen and oxygen atoms in total. The van der Waals surface area contributed by atoms with Gasteiger partial charge in [0.25, 0.3) is 0 Å². The van der Waals surface area contributed by atoms with Crippen LogP contribution in [-0.2, 0) is 19.4 Å². The summed E-state index contributed by atoms with van der Waals surface area (Å²) in [5, 5.41) is 41.3. The van der Waals surface area contributed by atoms with Crippen LogP contribution in [0.4, 0.5) is 0 Å². The molecule has 1 saturated heterocycles. The molecule has 0 aromatic rings. The van der Waals surface area contributed by atoms with Gasteiger partial charge < -0.3 is 25.2 Å². The van der Waals surface area contributed by atoms with Gasteiger partial charge in [-0.2, -0.15) is 8.42 Å². The van der Waals surface area contributed by atoms with Crippen LogP contribution in [0.1, 0.15) is 6.42 Å². The molecule has 128 valence electrons. The first kappa shape index (κ1) is 19.3. The predicted molar refractivity (Wildman–Crippen MR) is 76.2 cm³/mol. The van der Waals surface area contributed by atoms with Gasteiger partial charge >= 0.3 is 10.4 Å². The number of aliphatic hydroxyl groups excluding tert-OH is 4. The topological polar surface area (TPSA) is 166 Å². The molecule has 5 N–H and O–H groups in total. The van der Waals surface area contributed by atoms with Crippen molar-refractivity contribution < 1.29 is 42.4 Å². The molecule has 0 unspecified atom stereocenters. The number of thioether (sulfide) groups is 1. The van der Waals surface area contributed by atoms with Crippen LogP contribution in [0.2, 0.25) is 0 Å². The van der Waals surface area contributed by atoms with Gasteiger partial charge in [-0.05, 0) is 0 Å². The summed E-state index contributed by atoms with van der Waals surface area (Å²) in [6.45, 7) is 2.82. The fourth-order valence-electron chi connectivity index (χ4n) is 1.62. The summed E-state index contributed by atoms with van der Waals surface area (Å²) in [4.78, 5) is 0. The predicted octanol–water partition coefficient (Wildman–Crippen LogP) is -1.77. The van der Waals surface area contributed by atoms with Crippen molar-refractivity contribution in [2.75, 3.05) is 6.61 Å². The first-order valence-electron chi connectivity index (χ1n) is 6.00. The highest BCUT2D eigenvalue weighted by atomic mass is 32.3. The van der Waals surface area contributed by atoms with Crippen LogP contribution in [0.15, 0.2) is 17.8 Å². The molecule has 1 aliphatic heterocycles. The summed E-state index contributed by atoms with van der Waals surface area (Å²) >= 11 is 0.688. The van der Waals surface area contributed by atoms with Crippen LogP contribution in [0, 0.1) is 0 Å². The molecule has 22 heavy (non-hydrogen) atoms. The van der Waals surface area contributed by atoms with Crippen molar-refractivity contribution in [3.05, 3.63) is 12.7 Å². The molecule has 0 saturated carbocycles. The van der Waals surface area contributed by atoms with Crippen molar-refractivity contribution >= 4 is 27.2 Å². The van der Waals surface area contributed by atoms with E-state index in [-0.39, 0.29) is 11.5 Å². The smallest absolute Gasteiger partial charge is 0.394 e. The minimum Gasteiger partial charge on any atom is -0.394 e. The molecule has 1 aliphatic rings. The van der Waals surface area contributed by atoms with Crippen LogP contribution in [0.3, 0.4) is 0 Å². The Morgan fingerprint density at radius 3 is 2.45 bits per heavy atom. The largest absolute Gasteiger partial charge is 0.466 e. The van der Waals surface area contributed by atoms with Gasteiger partial charge in [0.1, 0.15) is 34.9 Å². The molecular weight excluding hydrogens is 342 g/mol. The highest BCUT2D eigenvalue weighted by Gasteiger charge is 2.44. The van der Waals surface area contributed by atoms with Gasteiger partial charge in [-0.1, -0.05) is 23.0 Å². The maximum absolute atomic E-state index is 10.5.